The van der Waals surface area contributed by atoms with Crippen LogP contribution in [-0.2, 0) is 0 Å². The summed E-state index contributed by atoms with van der Waals surface area (Å²) in [6, 6.07) is 8.89. The summed E-state index contributed by atoms with van der Waals surface area (Å²) in [7, 11) is 1.99. The van der Waals surface area contributed by atoms with E-state index in [1.54, 1.807) is 24.4 Å². The van der Waals surface area contributed by atoms with E-state index in [0.717, 1.165) is 45.3 Å². The van der Waals surface area contributed by atoms with Crippen molar-refractivity contribution in [3.05, 3.63) is 53.7 Å². The molecule has 1 unspecified atom stereocenters. The number of hydrogen-bond donors (Lipinski definition) is 1. The van der Waals surface area contributed by atoms with Crippen molar-refractivity contribution in [1.29, 1.82) is 0 Å². The second-order valence-electron chi connectivity index (χ2n) is 13.4. The number of aromatic nitrogens is 3. The first kappa shape index (κ1) is 27.7. The number of nitrogens with zero attached hydrogens (tertiary/aromatic N) is 5. The summed E-state index contributed by atoms with van der Waals surface area (Å²) >= 11 is 0. The maximum absolute atomic E-state index is 16.8. The quantitative estimate of drug-likeness (QED) is 0.288. The van der Waals surface area contributed by atoms with Crippen LogP contribution in [0.1, 0.15) is 51.0 Å². The Bertz CT molecular complexity index is 1850. The Labute approximate surface area is 256 Å². The number of hydrogen-bond acceptors (Lipinski definition) is 7. The first-order valence-corrected chi connectivity index (χ1v) is 15.7. The third-order valence-corrected chi connectivity index (χ3v) is 10.8. The van der Waals surface area contributed by atoms with Crippen molar-refractivity contribution >= 4 is 27.5 Å². The number of likely N-dealkylation sites (N-methyl/N-ethyl adjacent to an activating group) is 1. The van der Waals surface area contributed by atoms with Crippen molar-refractivity contribution in [2.24, 2.45) is 5.41 Å². The minimum Gasteiger partial charge on any atom is -0.461 e. The molecule has 3 saturated heterocycles. The molecule has 3 atom stereocenters. The molecule has 2 aromatic heterocycles. The Morgan fingerprint density at radius 3 is 2.82 bits per heavy atom. The van der Waals surface area contributed by atoms with Gasteiger partial charge in [-0.15, -0.1) is 6.42 Å². The van der Waals surface area contributed by atoms with Crippen LogP contribution >= 0.6 is 0 Å². The topological polar surface area (TPSA) is 66.4 Å². The van der Waals surface area contributed by atoms with Crippen molar-refractivity contribution in [1.82, 2.24) is 25.2 Å². The second kappa shape index (κ2) is 10.1. The predicted octanol–water partition coefficient (Wildman–Crippen LogP) is 5.69. The van der Waals surface area contributed by atoms with Crippen LogP contribution in [0.2, 0.25) is 0 Å². The highest BCUT2D eigenvalue weighted by Crippen LogP contribution is 2.60. The largest absolute Gasteiger partial charge is 0.461 e. The van der Waals surface area contributed by atoms with Gasteiger partial charge in [0, 0.05) is 42.8 Å². The highest BCUT2D eigenvalue weighted by Gasteiger charge is 2.60. The molecule has 5 heterocycles. The van der Waals surface area contributed by atoms with Gasteiger partial charge in [0.25, 0.3) is 0 Å². The van der Waals surface area contributed by atoms with E-state index in [4.69, 9.17) is 21.1 Å². The number of terminal acetylenes is 1. The molecule has 8 rings (SSSR count). The van der Waals surface area contributed by atoms with Gasteiger partial charge in [-0.1, -0.05) is 30.2 Å². The molecule has 4 fully saturated rings. The molecule has 7 nitrogen and oxygen atoms in total. The number of rotatable bonds is 6. The number of halogens is 2. The highest BCUT2D eigenvalue weighted by molar-refractivity contribution is 6.02. The molecule has 1 saturated carbocycles. The van der Waals surface area contributed by atoms with Gasteiger partial charge in [-0.25, -0.2) is 8.78 Å². The van der Waals surface area contributed by atoms with Crippen molar-refractivity contribution in [2.75, 3.05) is 38.2 Å². The van der Waals surface area contributed by atoms with E-state index in [0.29, 0.717) is 39.6 Å². The molecular weight excluding hydrogens is 558 g/mol. The van der Waals surface area contributed by atoms with Gasteiger partial charge < -0.3 is 15.0 Å². The fraction of sp³-hybridized carbons (Fsp3) is 0.457. The maximum atomic E-state index is 16.8. The minimum absolute atomic E-state index is 0.00856. The van der Waals surface area contributed by atoms with Crippen molar-refractivity contribution < 1.29 is 13.5 Å². The third-order valence-electron chi connectivity index (χ3n) is 10.8. The number of pyridine rings is 1. The van der Waals surface area contributed by atoms with E-state index in [2.05, 4.69) is 32.9 Å². The number of nitrogens with one attached hydrogen (secondary N) is 1. The highest BCUT2D eigenvalue weighted by atomic mass is 19.1. The predicted molar refractivity (Wildman–Crippen MR) is 168 cm³/mol. The second-order valence-corrected chi connectivity index (χ2v) is 13.4. The minimum atomic E-state index is -0.611. The lowest BCUT2D eigenvalue weighted by Crippen LogP contribution is -2.43. The number of ether oxygens (including phenoxy) is 1. The van der Waals surface area contributed by atoms with Gasteiger partial charge in [0.1, 0.15) is 29.5 Å². The first-order valence-electron chi connectivity index (χ1n) is 15.7. The van der Waals surface area contributed by atoms with Crippen LogP contribution in [0.5, 0.6) is 6.01 Å². The molecule has 1 aliphatic carbocycles. The number of fused-ring (bicyclic) bond motifs is 3. The molecule has 1 spiro atoms. The zero-order chi connectivity index (χ0) is 30.2. The Kier molecular flexibility index (Phi) is 6.34. The van der Waals surface area contributed by atoms with Gasteiger partial charge in [0.15, 0.2) is 5.82 Å². The van der Waals surface area contributed by atoms with E-state index in [1.807, 2.05) is 13.1 Å². The standard InChI is InChI=1S/C35H36F2N6O/c1-4-23-26(36)10-9-22-7-5-8-24(28(22)23)30-29(37)31-25(17-39-30)32(42(3)27-11-15-38-21(27)2)41-33(40-31)44-20-35-12-6-16-43(35)19-34(18-35)13-14-34/h1,5,7-10,17,21,27,38H,6,11-16,18-20H2,2-3H3/t21-,27-,35?/m1/s1. The molecule has 0 radical (unpaired) electrons. The third kappa shape index (κ3) is 4.26. The summed E-state index contributed by atoms with van der Waals surface area (Å²) in [6.45, 7) is 5.77. The number of benzene rings is 2. The van der Waals surface area contributed by atoms with Crippen LogP contribution < -0.4 is 15.0 Å². The fourth-order valence-corrected chi connectivity index (χ4v) is 8.29. The Morgan fingerprint density at radius 2 is 2.05 bits per heavy atom. The lowest BCUT2D eigenvalue weighted by Gasteiger charge is -2.32. The SMILES string of the molecule is C#Cc1c(F)ccc2cccc(-c3ncc4c(N(C)[C@@H]5CCN[C@@H]5C)nc(OCC56CCCN5CC5(CC5)C6)nc4c3F)c12. The van der Waals surface area contributed by atoms with Crippen LogP contribution in [-0.4, -0.2) is 70.8 Å². The molecule has 44 heavy (non-hydrogen) atoms. The molecule has 2 aromatic carbocycles. The summed E-state index contributed by atoms with van der Waals surface area (Å²) in [5, 5.41) is 5.16. The zero-order valence-electron chi connectivity index (χ0n) is 25.2. The van der Waals surface area contributed by atoms with Crippen molar-refractivity contribution in [3.63, 3.8) is 0 Å². The average molecular weight is 595 g/mol. The van der Waals surface area contributed by atoms with E-state index in [-0.39, 0.29) is 40.4 Å². The average Bonchev–Trinajstić information content (AvgIpc) is 3.29. The first-order chi connectivity index (χ1) is 21.3. The molecule has 4 aromatic rings. The summed E-state index contributed by atoms with van der Waals surface area (Å²) in [4.78, 5) is 18.9. The summed E-state index contributed by atoms with van der Waals surface area (Å²) in [5.41, 5.74) is 1.13. The van der Waals surface area contributed by atoms with Gasteiger partial charge in [-0.3, -0.25) is 9.88 Å². The Morgan fingerprint density at radius 1 is 1.18 bits per heavy atom. The van der Waals surface area contributed by atoms with Gasteiger partial charge in [0.2, 0.25) is 0 Å². The molecule has 0 bridgehead atoms. The van der Waals surface area contributed by atoms with E-state index >= 15 is 4.39 Å². The number of anilines is 1. The lowest BCUT2D eigenvalue weighted by molar-refractivity contribution is 0.107. The van der Waals surface area contributed by atoms with Gasteiger partial charge in [-0.05, 0) is 75.4 Å². The molecule has 9 heteroatoms. The monoisotopic (exact) mass is 594 g/mol. The Hall–Kier alpha value is -3.87. The van der Waals surface area contributed by atoms with Crippen LogP contribution in [0.4, 0.5) is 14.6 Å². The lowest BCUT2D eigenvalue weighted by atomic mass is 9.89. The molecule has 1 N–H and O–H groups in total. The summed E-state index contributed by atoms with van der Waals surface area (Å²) < 4.78 is 38.0. The van der Waals surface area contributed by atoms with Crippen molar-refractivity contribution in [2.45, 2.75) is 63.1 Å². The van der Waals surface area contributed by atoms with Crippen LogP contribution in [0.25, 0.3) is 32.9 Å². The van der Waals surface area contributed by atoms with Crippen LogP contribution in [0.3, 0.4) is 0 Å². The fourth-order valence-electron chi connectivity index (χ4n) is 8.29. The summed E-state index contributed by atoms with van der Waals surface area (Å²) in [6.07, 6.45) is 14.3. The molecule has 226 valence electrons. The zero-order valence-corrected chi connectivity index (χ0v) is 25.2. The van der Waals surface area contributed by atoms with Gasteiger partial charge in [-0.2, -0.15) is 9.97 Å². The molecular formula is C35H36F2N6O. The Balaban J connectivity index is 1.25. The van der Waals surface area contributed by atoms with E-state index in [1.165, 1.54) is 18.9 Å². The maximum Gasteiger partial charge on any atom is 0.319 e. The van der Waals surface area contributed by atoms with Crippen molar-refractivity contribution in [3.8, 4) is 29.6 Å². The molecule has 4 aliphatic rings. The van der Waals surface area contributed by atoms with E-state index in [9.17, 15) is 4.39 Å². The van der Waals surface area contributed by atoms with Gasteiger partial charge in [0.05, 0.1) is 16.5 Å². The van der Waals surface area contributed by atoms with Crippen LogP contribution in [0, 0.1) is 29.4 Å². The normalized spacial score (nSPS) is 25.5. The summed E-state index contributed by atoms with van der Waals surface area (Å²) in [5.74, 6) is 1.90. The smallest absolute Gasteiger partial charge is 0.319 e. The molecule has 3 aliphatic heterocycles. The molecule has 0 amide bonds. The van der Waals surface area contributed by atoms with E-state index < -0.39 is 11.6 Å². The van der Waals surface area contributed by atoms with Crippen LogP contribution in [0.15, 0.2) is 36.5 Å². The van der Waals surface area contributed by atoms with Gasteiger partial charge >= 0.3 is 6.01 Å².